The highest BCUT2D eigenvalue weighted by Crippen LogP contribution is 2.28. The molecular weight excluding hydrogens is 244 g/mol. The number of nitrogens with zero attached hydrogens (tertiary/aromatic N) is 2. The number of H-pyrrole nitrogens is 1. The summed E-state index contributed by atoms with van der Waals surface area (Å²) in [5, 5.41) is 6.85. The average molecular weight is 256 g/mol. The van der Waals surface area contributed by atoms with Crippen molar-refractivity contribution in [2.24, 2.45) is 0 Å². The molecule has 1 aliphatic rings. The highest BCUT2D eigenvalue weighted by molar-refractivity contribution is 7.17. The third kappa shape index (κ3) is 1.48. The van der Waals surface area contributed by atoms with Gasteiger partial charge in [-0.3, -0.25) is 4.98 Å². The Bertz CT molecular complexity index is 700. The summed E-state index contributed by atoms with van der Waals surface area (Å²) < 4.78 is 1.23. The van der Waals surface area contributed by atoms with Crippen LogP contribution in [0.2, 0.25) is 0 Å². The normalized spacial score (nSPS) is 19.0. The molecule has 90 valence electrons. The second-order valence-corrected chi connectivity index (χ2v) is 5.42. The zero-order valence-corrected chi connectivity index (χ0v) is 10.5. The molecule has 1 atom stereocenters. The van der Waals surface area contributed by atoms with Crippen molar-refractivity contribution in [1.29, 1.82) is 0 Å². The van der Waals surface area contributed by atoms with Crippen LogP contribution in [0.5, 0.6) is 0 Å². The molecule has 0 aliphatic carbocycles. The number of imidazole rings is 1. The number of hydrogen-bond donors (Lipinski definition) is 2. The van der Waals surface area contributed by atoms with E-state index in [4.69, 9.17) is 0 Å². The molecule has 0 spiro atoms. The van der Waals surface area contributed by atoms with E-state index in [1.165, 1.54) is 15.8 Å². The number of pyridine rings is 1. The maximum atomic E-state index is 4.58. The molecule has 1 aliphatic heterocycles. The quantitative estimate of drug-likeness (QED) is 0.702. The number of rotatable bonds is 1. The maximum absolute atomic E-state index is 4.58. The molecule has 0 bridgehead atoms. The molecule has 3 aromatic heterocycles. The lowest BCUT2D eigenvalue weighted by Crippen LogP contribution is -2.31. The third-order valence-corrected chi connectivity index (χ3v) is 4.27. The summed E-state index contributed by atoms with van der Waals surface area (Å²) in [6.07, 6.45) is 4.73. The van der Waals surface area contributed by atoms with E-state index in [0.717, 1.165) is 24.4 Å². The Morgan fingerprint density at radius 3 is 3.33 bits per heavy atom. The minimum absolute atomic E-state index is 0.115. The van der Waals surface area contributed by atoms with Crippen molar-refractivity contribution in [2.75, 3.05) is 6.54 Å². The van der Waals surface area contributed by atoms with Crippen molar-refractivity contribution in [1.82, 2.24) is 20.3 Å². The Balaban J connectivity index is 1.84. The van der Waals surface area contributed by atoms with Crippen molar-refractivity contribution in [3.63, 3.8) is 0 Å². The van der Waals surface area contributed by atoms with Crippen LogP contribution in [0.15, 0.2) is 30.0 Å². The first-order valence-corrected chi connectivity index (χ1v) is 6.88. The number of nitrogens with one attached hydrogen (secondary N) is 2. The largest absolute Gasteiger partial charge is 0.348 e. The molecule has 1 unspecified atom stereocenters. The Kier molecular flexibility index (Phi) is 2.21. The predicted octanol–water partition coefficient (Wildman–Crippen LogP) is 2.25. The first-order chi connectivity index (χ1) is 8.92. The standard InChI is InChI=1S/C13H12N4S/c1-3-14-13(12-9(1)16-7-17-12)10-5-8-2-4-18-11(8)6-15-10/h2,4-7,13-14H,1,3H2,(H,16,17). The highest BCUT2D eigenvalue weighted by Gasteiger charge is 2.24. The number of thiophene rings is 1. The predicted molar refractivity (Wildman–Crippen MR) is 71.8 cm³/mol. The minimum Gasteiger partial charge on any atom is -0.348 e. The van der Waals surface area contributed by atoms with Crippen molar-refractivity contribution in [2.45, 2.75) is 12.5 Å². The van der Waals surface area contributed by atoms with Crippen molar-refractivity contribution >= 4 is 21.4 Å². The van der Waals surface area contributed by atoms with Gasteiger partial charge in [0.15, 0.2) is 0 Å². The van der Waals surface area contributed by atoms with Gasteiger partial charge in [0.25, 0.3) is 0 Å². The monoisotopic (exact) mass is 256 g/mol. The van der Waals surface area contributed by atoms with E-state index in [-0.39, 0.29) is 6.04 Å². The summed E-state index contributed by atoms with van der Waals surface area (Å²) in [6.45, 7) is 0.962. The lowest BCUT2D eigenvalue weighted by atomic mass is 10.0. The van der Waals surface area contributed by atoms with Crippen LogP contribution in [0, 0.1) is 0 Å². The van der Waals surface area contributed by atoms with Gasteiger partial charge in [-0.2, -0.15) is 0 Å². The highest BCUT2D eigenvalue weighted by atomic mass is 32.1. The summed E-state index contributed by atoms with van der Waals surface area (Å²) in [7, 11) is 0. The van der Waals surface area contributed by atoms with Gasteiger partial charge in [-0.25, -0.2) is 4.98 Å². The molecular formula is C13H12N4S. The van der Waals surface area contributed by atoms with Crippen LogP contribution >= 0.6 is 11.3 Å². The van der Waals surface area contributed by atoms with E-state index >= 15 is 0 Å². The fraction of sp³-hybridized carbons (Fsp3) is 0.231. The minimum atomic E-state index is 0.115. The van der Waals surface area contributed by atoms with Gasteiger partial charge in [0.05, 0.1) is 28.5 Å². The molecule has 4 nitrogen and oxygen atoms in total. The Morgan fingerprint density at radius 1 is 1.33 bits per heavy atom. The summed E-state index contributed by atoms with van der Waals surface area (Å²) in [6, 6.07) is 4.41. The van der Waals surface area contributed by atoms with Crippen LogP contribution in [-0.4, -0.2) is 21.5 Å². The van der Waals surface area contributed by atoms with Crippen molar-refractivity contribution < 1.29 is 0 Å². The van der Waals surface area contributed by atoms with E-state index in [9.17, 15) is 0 Å². The van der Waals surface area contributed by atoms with Crippen LogP contribution in [0.1, 0.15) is 23.1 Å². The number of fused-ring (bicyclic) bond motifs is 2. The Hall–Kier alpha value is -1.72. The molecule has 0 aromatic carbocycles. The maximum Gasteiger partial charge on any atom is 0.0943 e. The fourth-order valence-electron chi connectivity index (χ4n) is 2.51. The summed E-state index contributed by atoms with van der Waals surface area (Å²) in [5.41, 5.74) is 3.36. The summed E-state index contributed by atoms with van der Waals surface area (Å²) >= 11 is 1.73. The molecule has 0 saturated heterocycles. The topological polar surface area (TPSA) is 53.6 Å². The third-order valence-electron chi connectivity index (χ3n) is 3.41. The van der Waals surface area contributed by atoms with Crippen LogP contribution in [0.3, 0.4) is 0 Å². The molecule has 0 saturated carbocycles. The molecule has 5 heteroatoms. The van der Waals surface area contributed by atoms with E-state index in [1.54, 1.807) is 17.7 Å². The van der Waals surface area contributed by atoms with Gasteiger partial charge in [0, 0.05) is 24.9 Å². The smallest absolute Gasteiger partial charge is 0.0943 e. The average Bonchev–Trinajstić information content (AvgIpc) is 3.05. The van der Waals surface area contributed by atoms with Gasteiger partial charge >= 0.3 is 0 Å². The van der Waals surface area contributed by atoms with Crippen molar-refractivity contribution in [3.8, 4) is 0 Å². The first kappa shape index (κ1) is 10.2. The second kappa shape index (κ2) is 3.90. The van der Waals surface area contributed by atoms with E-state index in [1.807, 2.05) is 6.20 Å². The van der Waals surface area contributed by atoms with Gasteiger partial charge < -0.3 is 10.3 Å². The summed E-state index contributed by atoms with van der Waals surface area (Å²) in [5.74, 6) is 0. The number of hydrogen-bond acceptors (Lipinski definition) is 4. The van der Waals surface area contributed by atoms with E-state index in [0.29, 0.717) is 0 Å². The molecule has 2 N–H and O–H groups in total. The molecule has 0 radical (unpaired) electrons. The molecule has 18 heavy (non-hydrogen) atoms. The molecule has 3 aromatic rings. The zero-order chi connectivity index (χ0) is 11.9. The zero-order valence-electron chi connectivity index (χ0n) is 9.68. The molecule has 0 fully saturated rings. The van der Waals surface area contributed by atoms with Crippen LogP contribution < -0.4 is 5.32 Å². The Morgan fingerprint density at radius 2 is 2.33 bits per heavy atom. The molecule has 0 amide bonds. The van der Waals surface area contributed by atoms with Crippen molar-refractivity contribution in [3.05, 3.63) is 47.1 Å². The van der Waals surface area contributed by atoms with E-state index in [2.05, 4.69) is 37.8 Å². The SMILES string of the molecule is c1nc2c([nH]1)CCNC2c1cc2ccsc2cn1. The van der Waals surface area contributed by atoms with Gasteiger partial charge in [-0.15, -0.1) is 11.3 Å². The lowest BCUT2D eigenvalue weighted by molar-refractivity contribution is 0.544. The van der Waals surface area contributed by atoms with Gasteiger partial charge in [-0.05, 0) is 22.9 Å². The fourth-order valence-corrected chi connectivity index (χ4v) is 3.24. The number of aromatic nitrogens is 3. The van der Waals surface area contributed by atoms with Gasteiger partial charge in [0.2, 0.25) is 0 Å². The Labute approximate surface area is 108 Å². The van der Waals surface area contributed by atoms with Crippen LogP contribution in [0.25, 0.3) is 10.1 Å². The molecule has 4 rings (SSSR count). The first-order valence-electron chi connectivity index (χ1n) is 6.00. The lowest BCUT2D eigenvalue weighted by Gasteiger charge is -2.22. The van der Waals surface area contributed by atoms with Gasteiger partial charge in [-0.1, -0.05) is 0 Å². The summed E-state index contributed by atoms with van der Waals surface area (Å²) in [4.78, 5) is 12.2. The van der Waals surface area contributed by atoms with Crippen LogP contribution in [-0.2, 0) is 6.42 Å². The molecule has 4 heterocycles. The van der Waals surface area contributed by atoms with Gasteiger partial charge in [0.1, 0.15) is 0 Å². The van der Waals surface area contributed by atoms with Crippen LogP contribution in [0.4, 0.5) is 0 Å². The number of aromatic amines is 1. The second-order valence-electron chi connectivity index (χ2n) is 4.47. The van der Waals surface area contributed by atoms with E-state index < -0.39 is 0 Å².